The number of aliphatic hydroxyl groups is 1. The number of hydrogen-bond donors (Lipinski definition) is 1. The molecule has 0 saturated carbocycles. The van der Waals surface area contributed by atoms with Crippen LogP contribution in [-0.2, 0) is 16.1 Å². The second-order valence-electron chi connectivity index (χ2n) is 4.59. The van der Waals surface area contributed by atoms with Crippen molar-refractivity contribution in [2.45, 2.75) is 31.4 Å². The summed E-state index contributed by atoms with van der Waals surface area (Å²) in [5.41, 5.74) is 0.868. The molecular weight excluding hydrogens is 312 g/mol. The summed E-state index contributed by atoms with van der Waals surface area (Å²) in [6.45, 7) is 3.86. The molecule has 1 aromatic carbocycles. The van der Waals surface area contributed by atoms with Gasteiger partial charge in [0.05, 0.1) is 13.2 Å². The Labute approximate surface area is 121 Å². The third-order valence-corrected chi connectivity index (χ3v) is 3.66. The lowest BCUT2D eigenvalue weighted by Crippen LogP contribution is -2.34. The van der Waals surface area contributed by atoms with Crippen molar-refractivity contribution >= 4 is 21.9 Å². The maximum absolute atomic E-state index is 11.7. The van der Waals surface area contributed by atoms with E-state index in [0.717, 1.165) is 11.3 Å². The average Bonchev–Trinajstić information content (AvgIpc) is 2.43. The molecule has 0 fully saturated rings. The Morgan fingerprint density at radius 1 is 1.32 bits per heavy atom. The predicted molar refractivity (Wildman–Crippen MR) is 76.3 cm³/mol. The molecule has 0 bridgehead atoms. The summed E-state index contributed by atoms with van der Waals surface area (Å²) in [4.78, 5) is 11.0. The maximum atomic E-state index is 11.7. The van der Waals surface area contributed by atoms with Crippen molar-refractivity contribution in [1.82, 2.24) is 0 Å². The second kappa shape index (κ2) is 7.50. The van der Waals surface area contributed by atoms with E-state index in [1.165, 1.54) is 0 Å². The highest BCUT2D eigenvalue weighted by Crippen LogP contribution is 2.17. The van der Waals surface area contributed by atoms with Crippen molar-refractivity contribution in [2.75, 3.05) is 7.11 Å². The molecule has 0 unspecified atom stereocenters. The number of esters is 1. The van der Waals surface area contributed by atoms with Crippen LogP contribution < -0.4 is 4.74 Å². The lowest BCUT2D eigenvalue weighted by molar-refractivity contribution is -0.146. The fraction of sp³-hybridized carbons (Fsp3) is 0.500. The van der Waals surface area contributed by atoms with Crippen LogP contribution in [0, 0.1) is 5.92 Å². The van der Waals surface area contributed by atoms with E-state index in [-0.39, 0.29) is 12.5 Å². The normalized spacial score (nSPS) is 14.0. The van der Waals surface area contributed by atoms with Crippen molar-refractivity contribution in [3.8, 4) is 5.75 Å². The van der Waals surface area contributed by atoms with Crippen molar-refractivity contribution < 1.29 is 19.4 Å². The number of aliphatic hydroxyl groups excluding tert-OH is 1. The van der Waals surface area contributed by atoms with Gasteiger partial charge in [-0.3, -0.25) is 4.79 Å². The van der Waals surface area contributed by atoms with Gasteiger partial charge in [-0.1, -0.05) is 41.9 Å². The van der Waals surface area contributed by atoms with E-state index in [9.17, 15) is 9.90 Å². The van der Waals surface area contributed by atoms with Gasteiger partial charge < -0.3 is 14.6 Å². The highest BCUT2D eigenvalue weighted by atomic mass is 79.9. The molecule has 4 nitrogen and oxygen atoms in total. The molecule has 0 aromatic heterocycles. The van der Waals surface area contributed by atoms with Crippen LogP contribution in [0.1, 0.15) is 19.4 Å². The van der Waals surface area contributed by atoms with Gasteiger partial charge >= 0.3 is 5.97 Å². The van der Waals surface area contributed by atoms with Gasteiger partial charge in [0.1, 0.15) is 17.2 Å². The number of alkyl halides is 1. The van der Waals surface area contributed by atoms with E-state index < -0.39 is 16.9 Å². The Kier molecular flexibility index (Phi) is 6.31. The van der Waals surface area contributed by atoms with Gasteiger partial charge in [-0.2, -0.15) is 0 Å². The number of benzene rings is 1. The predicted octanol–water partition coefficient (Wildman–Crippen LogP) is 2.52. The number of rotatable bonds is 6. The molecule has 106 valence electrons. The number of methoxy groups -OCH3 is 1. The van der Waals surface area contributed by atoms with E-state index in [0.29, 0.717) is 0 Å². The number of carbonyl (C=O) groups excluding carboxylic acids is 1. The van der Waals surface area contributed by atoms with Gasteiger partial charge in [-0.15, -0.1) is 0 Å². The minimum atomic E-state index is -0.761. The smallest absolute Gasteiger partial charge is 0.322 e. The molecule has 0 aliphatic heterocycles. The van der Waals surface area contributed by atoms with E-state index in [1.807, 2.05) is 26.0 Å². The van der Waals surface area contributed by atoms with Gasteiger partial charge in [0.2, 0.25) is 0 Å². The summed E-state index contributed by atoms with van der Waals surface area (Å²) in [6, 6.07) is 7.26. The third kappa shape index (κ3) is 4.84. The molecule has 1 aromatic rings. The molecule has 0 spiro atoms. The first-order valence-electron chi connectivity index (χ1n) is 6.07. The summed E-state index contributed by atoms with van der Waals surface area (Å²) in [5, 5.41) is 9.77. The number of halogens is 1. The lowest BCUT2D eigenvalue weighted by atomic mass is 10.0. The number of ether oxygens (including phenoxy) is 2. The highest BCUT2D eigenvalue weighted by molar-refractivity contribution is 9.10. The van der Waals surface area contributed by atoms with Crippen molar-refractivity contribution in [3.05, 3.63) is 29.8 Å². The molecule has 19 heavy (non-hydrogen) atoms. The zero-order valence-electron chi connectivity index (χ0n) is 11.3. The first-order valence-corrected chi connectivity index (χ1v) is 6.99. The topological polar surface area (TPSA) is 55.8 Å². The molecule has 0 amide bonds. The molecule has 0 heterocycles. The fourth-order valence-electron chi connectivity index (χ4n) is 1.43. The summed E-state index contributed by atoms with van der Waals surface area (Å²) < 4.78 is 10.2. The van der Waals surface area contributed by atoms with Gasteiger partial charge in [0, 0.05) is 0 Å². The van der Waals surface area contributed by atoms with E-state index in [1.54, 1.807) is 19.2 Å². The molecule has 1 rings (SSSR count). The van der Waals surface area contributed by atoms with E-state index >= 15 is 0 Å². The van der Waals surface area contributed by atoms with Crippen LogP contribution in [-0.4, -0.2) is 29.1 Å². The van der Waals surface area contributed by atoms with Crippen LogP contribution in [0.2, 0.25) is 0 Å². The number of carbonyl (C=O) groups is 1. The van der Waals surface area contributed by atoms with Gasteiger partial charge in [0.15, 0.2) is 0 Å². The Hall–Kier alpha value is -1.07. The van der Waals surface area contributed by atoms with Crippen LogP contribution >= 0.6 is 15.9 Å². The van der Waals surface area contributed by atoms with Gasteiger partial charge in [0.25, 0.3) is 0 Å². The van der Waals surface area contributed by atoms with Gasteiger partial charge in [-0.05, 0) is 23.6 Å². The Morgan fingerprint density at radius 2 is 1.89 bits per heavy atom. The Balaban J connectivity index is 2.49. The largest absolute Gasteiger partial charge is 0.497 e. The standard InChI is InChI=1S/C14H19BrO4/c1-9(2)13(16)12(15)14(17)19-8-10-4-6-11(18-3)7-5-10/h4-7,9,12-13,16H,8H2,1-3H3/t12-,13+/m1/s1. The van der Waals surface area contributed by atoms with Crippen LogP contribution in [0.15, 0.2) is 24.3 Å². The zero-order chi connectivity index (χ0) is 14.4. The van der Waals surface area contributed by atoms with E-state index in [2.05, 4.69) is 15.9 Å². The average molecular weight is 331 g/mol. The third-order valence-electron chi connectivity index (χ3n) is 2.75. The van der Waals surface area contributed by atoms with Crippen molar-refractivity contribution in [2.24, 2.45) is 5.92 Å². The minimum absolute atomic E-state index is 0.0158. The van der Waals surface area contributed by atoms with Crippen LogP contribution in [0.5, 0.6) is 5.75 Å². The Morgan fingerprint density at radius 3 is 2.37 bits per heavy atom. The van der Waals surface area contributed by atoms with Crippen LogP contribution in [0.25, 0.3) is 0 Å². The molecular formula is C14H19BrO4. The molecule has 0 saturated heterocycles. The SMILES string of the molecule is COc1ccc(COC(=O)[C@H](Br)[C@@H](O)C(C)C)cc1. The first-order chi connectivity index (χ1) is 8.95. The van der Waals surface area contributed by atoms with Crippen molar-refractivity contribution in [3.63, 3.8) is 0 Å². The number of hydrogen-bond acceptors (Lipinski definition) is 4. The zero-order valence-corrected chi connectivity index (χ0v) is 12.9. The minimum Gasteiger partial charge on any atom is -0.497 e. The molecule has 0 aliphatic carbocycles. The summed E-state index contributed by atoms with van der Waals surface area (Å²) in [5.74, 6) is 0.276. The van der Waals surface area contributed by atoms with Gasteiger partial charge in [-0.25, -0.2) is 0 Å². The highest BCUT2D eigenvalue weighted by Gasteiger charge is 2.27. The quantitative estimate of drug-likeness (QED) is 0.643. The molecule has 1 N–H and O–H groups in total. The molecule has 5 heteroatoms. The molecule has 0 aliphatic rings. The Bertz CT molecular complexity index is 402. The monoisotopic (exact) mass is 330 g/mol. The second-order valence-corrected chi connectivity index (χ2v) is 5.58. The maximum Gasteiger partial charge on any atom is 0.322 e. The van der Waals surface area contributed by atoms with Crippen LogP contribution in [0.3, 0.4) is 0 Å². The van der Waals surface area contributed by atoms with E-state index in [4.69, 9.17) is 9.47 Å². The first kappa shape index (κ1) is 16.0. The lowest BCUT2D eigenvalue weighted by Gasteiger charge is -2.19. The fourth-order valence-corrected chi connectivity index (χ4v) is 2.18. The van der Waals surface area contributed by atoms with Crippen molar-refractivity contribution in [1.29, 1.82) is 0 Å². The van der Waals surface area contributed by atoms with Crippen LogP contribution in [0.4, 0.5) is 0 Å². The molecule has 0 radical (unpaired) electrons. The summed E-state index contributed by atoms with van der Waals surface area (Å²) >= 11 is 3.16. The summed E-state index contributed by atoms with van der Waals surface area (Å²) in [7, 11) is 1.60. The summed E-state index contributed by atoms with van der Waals surface area (Å²) in [6.07, 6.45) is -0.761. The molecule has 2 atom stereocenters.